The first-order valence-corrected chi connectivity index (χ1v) is 19.3. The highest BCUT2D eigenvalue weighted by Crippen LogP contribution is 2.32. The lowest BCUT2D eigenvalue weighted by molar-refractivity contribution is 0.101. The molecule has 10 heteroatoms. The number of hydrogen-bond donors (Lipinski definition) is 6. The highest BCUT2D eigenvalue weighted by atomic mass is 16.2. The second-order valence-corrected chi connectivity index (χ2v) is 14.8. The Morgan fingerprint density at radius 2 is 0.517 bits per heavy atom. The summed E-state index contributed by atoms with van der Waals surface area (Å²) in [5.41, 5.74) is 25.1. The Hall–Kier alpha value is -7.98. The van der Waals surface area contributed by atoms with Crippen molar-refractivity contribution in [2.24, 2.45) is 0 Å². The van der Waals surface area contributed by atoms with Crippen LogP contribution in [0.4, 0.5) is 34.1 Å². The Labute approximate surface area is 348 Å². The molecule has 0 saturated heterocycles. The zero-order chi connectivity index (χ0) is 42.5. The van der Waals surface area contributed by atoms with Gasteiger partial charge in [-0.15, -0.1) is 0 Å². The van der Waals surface area contributed by atoms with Crippen LogP contribution in [0, 0.1) is 27.7 Å². The van der Waals surface area contributed by atoms with Crippen LogP contribution in [0.5, 0.6) is 0 Å². The average molecular weight is 793 g/mol. The molecule has 0 aliphatic rings. The molecule has 4 amide bonds. The molecule has 0 spiro atoms. The summed E-state index contributed by atoms with van der Waals surface area (Å²) in [6, 6.07) is 43.0. The summed E-state index contributed by atoms with van der Waals surface area (Å²) in [7, 11) is 0. The third kappa shape index (κ3) is 9.25. The van der Waals surface area contributed by atoms with Gasteiger partial charge in [0.1, 0.15) is 0 Å². The maximum absolute atomic E-state index is 13.2. The van der Waals surface area contributed by atoms with Crippen molar-refractivity contribution in [3.05, 3.63) is 190 Å². The lowest BCUT2D eigenvalue weighted by Crippen LogP contribution is -2.14. The number of nitrogens with two attached hydrogens (primary N) is 2. The number of anilines is 6. The van der Waals surface area contributed by atoms with E-state index < -0.39 is 0 Å². The van der Waals surface area contributed by atoms with Crippen LogP contribution in [-0.4, -0.2) is 23.6 Å². The van der Waals surface area contributed by atoms with E-state index in [4.69, 9.17) is 11.5 Å². The average Bonchev–Trinajstić information content (AvgIpc) is 3.22. The molecule has 0 radical (unpaired) electrons. The van der Waals surface area contributed by atoms with Crippen LogP contribution in [0.1, 0.15) is 63.7 Å². The lowest BCUT2D eigenvalue weighted by atomic mass is 9.95. The molecule has 7 rings (SSSR count). The van der Waals surface area contributed by atoms with E-state index in [0.29, 0.717) is 56.4 Å². The Balaban J connectivity index is 0.943. The van der Waals surface area contributed by atoms with E-state index in [1.165, 1.54) is 0 Å². The molecule has 0 fully saturated rings. The van der Waals surface area contributed by atoms with Crippen molar-refractivity contribution in [2.45, 2.75) is 27.7 Å². The predicted molar refractivity (Wildman–Crippen MR) is 243 cm³/mol. The van der Waals surface area contributed by atoms with Crippen molar-refractivity contribution in [1.29, 1.82) is 0 Å². The molecule has 7 aromatic rings. The number of nitrogens with one attached hydrogen (secondary N) is 4. The molecule has 0 aromatic heterocycles. The van der Waals surface area contributed by atoms with Gasteiger partial charge in [-0.05, 0) is 194 Å². The van der Waals surface area contributed by atoms with Crippen LogP contribution < -0.4 is 32.7 Å². The second kappa shape index (κ2) is 17.3. The van der Waals surface area contributed by atoms with Gasteiger partial charge in [-0.1, -0.05) is 24.3 Å². The van der Waals surface area contributed by atoms with Gasteiger partial charge in [0.2, 0.25) is 0 Å². The highest BCUT2D eigenvalue weighted by molar-refractivity contribution is 6.08. The number of carbonyl (C=O) groups is 4. The summed E-state index contributed by atoms with van der Waals surface area (Å²) in [5, 5.41) is 11.8. The van der Waals surface area contributed by atoms with Gasteiger partial charge < -0.3 is 32.7 Å². The molecule has 0 saturated carbocycles. The minimum atomic E-state index is -0.301. The summed E-state index contributed by atoms with van der Waals surface area (Å²) in [5.74, 6) is -1.04. The largest absolute Gasteiger partial charge is 0.399 e. The number of benzene rings is 7. The molecule has 8 N–H and O–H groups in total. The zero-order valence-electron chi connectivity index (χ0n) is 33.6. The van der Waals surface area contributed by atoms with E-state index in [2.05, 4.69) is 21.3 Å². The fourth-order valence-electron chi connectivity index (χ4n) is 7.03. The monoisotopic (exact) mass is 792 g/mol. The quantitative estimate of drug-likeness (QED) is 0.0754. The predicted octanol–water partition coefficient (Wildman–Crippen LogP) is 10.4. The Kier molecular flexibility index (Phi) is 11.6. The van der Waals surface area contributed by atoms with Crippen LogP contribution >= 0.6 is 0 Å². The van der Waals surface area contributed by atoms with E-state index in [1.54, 1.807) is 72.8 Å². The Morgan fingerprint density at radius 1 is 0.317 bits per heavy atom. The molecule has 60 heavy (non-hydrogen) atoms. The van der Waals surface area contributed by atoms with Gasteiger partial charge >= 0.3 is 0 Å². The van der Waals surface area contributed by atoms with Crippen LogP contribution in [0.25, 0.3) is 22.3 Å². The van der Waals surface area contributed by atoms with Crippen molar-refractivity contribution in [2.75, 3.05) is 32.7 Å². The first kappa shape index (κ1) is 40.2. The van der Waals surface area contributed by atoms with E-state index in [-0.39, 0.29) is 23.6 Å². The van der Waals surface area contributed by atoms with Crippen molar-refractivity contribution in [3.8, 4) is 22.3 Å². The molecular weight excluding hydrogens is 749 g/mol. The Bertz CT molecular complexity index is 2590. The summed E-state index contributed by atoms with van der Waals surface area (Å²) >= 11 is 0. The standard InChI is InChI=1S/C50H44N6O4/c1-29-25-39(17-21-43(29)45-23-19-41(27-31(45)3)55-49(59)35-9-13-37(51)14-10-35)53-47(57)33-5-7-34(8-6-33)48(58)54-40-18-22-44(30(2)26-40)46-24-20-42(28-32(46)4)56-50(60)36-11-15-38(52)16-12-36/h5-28H,51-52H2,1-4H3,(H,53,57)(H,54,58)(H,55,59)(H,56,60). The van der Waals surface area contributed by atoms with Crippen LogP contribution in [-0.2, 0) is 0 Å². The van der Waals surface area contributed by atoms with Crippen molar-refractivity contribution in [1.82, 2.24) is 0 Å². The fraction of sp³-hybridized carbons (Fsp3) is 0.0800. The number of nitrogen functional groups attached to an aromatic ring is 2. The second-order valence-electron chi connectivity index (χ2n) is 14.8. The van der Waals surface area contributed by atoms with E-state index >= 15 is 0 Å². The SMILES string of the molecule is Cc1cc(NC(=O)c2ccc(N)cc2)ccc1-c1ccc(NC(=O)c2ccc(C(=O)Nc3ccc(-c4ccc(NC(=O)c5ccc(N)cc5)cc4C)c(C)c3)cc2)cc1C. The van der Waals surface area contributed by atoms with Crippen molar-refractivity contribution < 1.29 is 19.2 Å². The minimum Gasteiger partial charge on any atom is -0.399 e. The molecule has 0 unspecified atom stereocenters. The van der Waals surface area contributed by atoms with Gasteiger partial charge in [-0.2, -0.15) is 0 Å². The lowest BCUT2D eigenvalue weighted by Gasteiger charge is -2.14. The van der Waals surface area contributed by atoms with Crippen LogP contribution in [0.15, 0.2) is 146 Å². The fourth-order valence-corrected chi connectivity index (χ4v) is 7.03. The van der Waals surface area contributed by atoms with Gasteiger partial charge in [-0.25, -0.2) is 0 Å². The van der Waals surface area contributed by atoms with E-state index in [0.717, 1.165) is 44.5 Å². The van der Waals surface area contributed by atoms with Gasteiger partial charge in [0, 0.05) is 56.4 Å². The molecule has 0 atom stereocenters. The summed E-state index contributed by atoms with van der Waals surface area (Å²) in [4.78, 5) is 51.8. The van der Waals surface area contributed by atoms with E-state index in [9.17, 15) is 19.2 Å². The van der Waals surface area contributed by atoms with Gasteiger partial charge in [-0.3, -0.25) is 19.2 Å². The molecule has 0 bridgehead atoms. The number of amides is 4. The van der Waals surface area contributed by atoms with Crippen LogP contribution in [0.3, 0.4) is 0 Å². The summed E-state index contributed by atoms with van der Waals surface area (Å²) < 4.78 is 0. The number of hydrogen-bond acceptors (Lipinski definition) is 6. The third-order valence-corrected chi connectivity index (χ3v) is 10.3. The normalized spacial score (nSPS) is 10.7. The molecular formula is C50H44N6O4. The minimum absolute atomic E-state index is 0.218. The number of rotatable bonds is 10. The van der Waals surface area contributed by atoms with E-state index in [1.807, 2.05) is 100 Å². The van der Waals surface area contributed by atoms with Crippen LogP contribution in [0.2, 0.25) is 0 Å². The van der Waals surface area contributed by atoms with Crippen molar-refractivity contribution >= 4 is 57.8 Å². The number of aryl methyl sites for hydroxylation is 4. The smallest absolute Gasteiger partial charge is 0.255 e. The third-order valence-electron chi connectivity index (χ3n) is 10.3. The first-order valence-electron chi connectivity index (χ1n) is 19.3. The van der Waals surface area contributed by atoms with Crippen molar-refractivity contribution in [3.63, 3.8) is 0 Å². The Morgan fingerprint density at radius 3 is 0.717 bits per heavy atom. The first-order chi connectivity index (χ1) is 28.8. The molecule has 10 nitrogen and oxygen atoms in total. The zero-order valence-corrected chi connectivity index (χ0v) is 33.6. The molecule has 0 aliphatic heterocycles. The maximum atomic E-state index is 13.2. The topological polar surface area (TPSA) is 168 Å². The van der Waals surface area contributed by atoms with Gasteiger partial charge in [0.15, 0.2) is 0 Å². The maximum Gasteiger partial charge on any atom is 0.255 e. The molecule has 0 aliphatic carbocycles. The molecule has 7 aromatic carbocycles. The number of carbonyl (C=O) groups excluding carboxylic acids is 4. The summed E-state index contributed by atoms with van der Waals surface area (Å²) in [6.45, 7) is 7.94. The van der Waals surface area contributed by atoms with Gasteiger partial charge in [0.05, 0.1) is 0 Å². The highest BCUT2D eigenvalue weighted by Gasteiger charge is 2.15. The molecule has 0 heterocycles. The molecule has 298 valence electrons. The summed E-state index contributed by atoms with van der Waals surface area (Å²) in [6.07, 6.45) is 0. The van der Waals surface area contributed by atoms with Gasteiger partial charge in [0.25, 0.3) is 23.6 Å².